The second-order valence-corrected chi connectivity index (χ2v) is 11.3. The Kier molecular flexibility index (Phi) is 6.70. The molecule has 0 unspecified atom stereocenters. The van der Waals surface area contributed by atoms with E-state index in [1.165, 1.54) is 39.9 Å². The van der Waals surface area contributed by atoms with Crippen LogP contribution in [0.4, 0.5) is 5.13 Å². The molecular weight excluding hydrogens is 518 g/mol. The SMILES string of the molecule is O=C(COC(=O)c1cccc(S(=O)(=O)N2CCc3ccccc3C2)c1)Nc1ncc(Br)s1. The summed E-state index contributed by atoms with van der Waals surface area (Å²) in [6, 6.07) is 13.4. The number of fused-ring (bicyclic) bond motifs is 1. The van der Waals surface area contributed by atoms with E-state index >= 15 is 0 Å². The third kappa shape index (κ3) is 5.07. The molecule has 0 radical (unpaired) electrons. The van der Waals surface area contributed by atoms with Gasteiger partial charge in [0, 0.05) is 13.1 Å². The highest BCUT2D eigenvalue weighted by molar-refractivity contribution is 9.11. The number of sulfonamides is 1. The van der Waals surface area contributed by atoms with Gasteiger partial charge in [0.2, 0.25) is 10.0 Å². The van der Waals surface area contributed by atoms with E-state index in [2.05, 4.69) is 26.2 Å². The first-order valence-electron chi connectivity index (χ1n) is 9.58. The molecule has 2 heterocycles. The van der Waals surface area contributed by atoms with Crippen molar-refractivity contribution >= 4 is 54.3 Å². The van der Waals surface area contributed by atoms with Crippen molar-refractivity contribution in [2.45, 2.75) is 17.9 Å². The number of thiazole rings is 1. The van der Waals surface area contributed by atoms with Gasteiger partial charge < -0.3 is 4.74 Å². The summed E-state index contributed by atoms with van der Waals surface area (Å²) in [5, 5.41) is 2.88. The van der Waals surface area contributed by atoms with Gasteiger partial charge in [0.25, 0.3) is 5.91 Å². The number of anilines is 1. The zero-order valence-electron chi connectivity index (χ0n) is 16.7. The van der Waals surface area contributed by atoms with Crippen molar-refractivity contribution in [3.8, 4) is 0 Å². The van der Waals surface area contributed by atoms with Crippen molar-refractivity contribution in [2.24, 2.45) is 0 Å². The normalized spacial score (nSPS) is 13.9. The molecule has 0 aliphatic carbocycles. The van der Waals surface area contributed by atoms with Crippen molar-refractivity contribution in [3.63, 3.8) is 0 Å². The molecule has 3 aromatic rings. The number of esters is 1. The first-order valence-corrected chi connectivity index (χ1v) is 12.6. The molecule has 0 spiro atoms. The number of amides is 1. The average Bonchev–Trinajstić information content (AvgIpc) is 3.21. The maximum atomic E-state index is 13.1. The number of benzene rings is 2. The summed E-state index contributed by atoms with van der Waals surface area (Å²) >= 11 is 4.46. The van der Waals surface area contributed by atoms with Crippen molar-refractivity contribution in [3.05, 3.63) is 75.2 Å². The van der Waals surface area contributed by atoms with Crippen LogP contribution in [0.5, 0.6) is 0 Å². The summed E-state index contributed by atoms with van der Waals surface area (Å²) in [6.45, 7) is 0.122. The number of hydrogen-bond acceptors (Lipinski definition) is 7. The van der Waals surface area contributed by atoms with Gasteiger partial charge in [-0.2, -0.15) is 4.31 Å². The van der Waals surface area contributed by atoms with E-state index in [9.17, 15) is 18.0 Å². The monoisotopic (exact) mass is 535 g/mol. The number of ether oxygens (including phenoxy) is 1. The number of nitrogens with one attached hydrogen (secondary N) is 1. The Bertz CT molecular complexity index is 1280. The fourth-order valence-electron chi connectivity index (χ4n) is 3.29. The van der Waals surface area contributed by atoms with Gasteiger partial charge in [0.05, 0.1) is 20.4 Å². The first-order chi connectivity index (χ1) is 15.3. The smallest absolute Gasteiger partial charge is 0.338 e. The molecule has 4 rings (SSSR count). The van der Waals surface area contributed by atoms with Gasteiger partial charge in [0.1, 0.15) is 0 Å². The van der Waals surface area contributed by atoms with Gasteiger partial charge in [-0.15, -0.1) is 0 Å². The van der Waals surface area contributed by atoms with Crippen LogP contribution < -0.4 is 5.32 Å². The third-order valence-corrected chi connectivity index (χ3v) is 8.09. The maximum Gasteiger partial charge on any atom is 0.338 e. The minimum atomic E-state index is -3.80. The lowest BCUT2D eigenvalue weighted by molar-refractivity contribution is -0.119. The van der Waals surface area contributed by atoms with Gasteiger partial charge in [-0.05, 0) is 51.7 Å². The molecule has 166 valence electrons. The molecule has 0 atom stereocenters. The van der Waals surface area contributed by atoms with Crippen LogP contribution in [0, 0.1) is 0 Å². The third-order valence-electron chi connectivity index (χ3n) is 4.86. The number of nitrogens with zero attached hydrogens (tertiary/aromatic N) is 2. The Morgan fingerprint density at radius 3 is 2.69 bits per heavy atom. The van der Waals surface area contributed by atoms with Crippen LogP contribution in [0.2, 0.25) is 0 Å². The molecule has 32 heavy (non-hydrogen) atoms. The molecular formula is C21H18BrN3O5S2. The van der Waals surface area contributed by atoms with E-state index in [-0.39, 0.29) is 17.0 Å². The molecule has 1 aliphatic heterocycles. The van der Waals surface area contributed by atoms with Crippen LogP contribution in [-0.4, -0.2) is 42.7 Å². The highest BCUT2D eigenvalue weighted by Gasteiger charge is 2.28. The van der Waals surface area contributed by atoms with Crippen molar-refractivity contribution in [2.75, 3.05) is 18.5 Å². The molecule has 1 amide bonds. The van der Waals surface area contributed by atoms with Crippen LogP contribution in [0.25, 0.3) is 0 Å². The summed E-state index contributed by atoms with van der Waals surface area (Å²) in [5.41, 5.74) is 2.16. The molecule has 1 N–H and O–H groups in total. The fraction of sp³-hybridized carbons (Fsp3) is 0.190. The van der Waals surface area contributed by atoms with Gasteiger partial charge in [-0.1, -0.05) is 41.7 Å². The molecule has 1 aliphatic rings. The van der Waals surface area contributed by atoms with Crippen LogP contribution in [0.15, 0.2) is 63.4 Å². The Morgan fingerprint density at radius 1 is 1.16 bits per heavy atom. The average molecular weight is 536 g/mol. The van der Waals surface area contributed by atoms with Crippen LogP contribution >= 0.6 is 27.3 Å². The second kappa shape index (κ2) is 9.49. The van der Waals surface area contributed by atoms with Crippen LogP contribution in [-0.2, 0) is 32.5 Å². The number of carbonyl (C=O) groups is 2. The minimum absolute atomic E-state index is 0.00317. The molecule has 1 aromatic heterocycles. The summed E-state index contributed by atoms with van der Waals surface area (Å²) in [6.07, 6.45) is 2.17. The largest absolute Gasteiger partial charge is 0.452 e. The lowest BCUT2D eigenvalue weighted by Gasteiger charge is -2.28. The Hall–Kier alpha value is -2.60. The van der Waals surface area contributed by atoms with Crippen molar-refractivity contribution in [1.29, 1.82) is 0 Å². The first kappa shape index (κ1) is 22.6. The second-order valence-electron chi connectivity index (χ2n) is 6.98. The summed E-state index contributed by atoms with van der Waals surface area (Å²) in [4.78, 5) is 28.3. The highest BCUT2D eigenvalue weighted by Crippen LogP contribution is 2.26. The zero-order chi connectivity index (χ0) is 22.7. The Morgan fingerprint density at radius 2 is 1.94 bits per heavy atom. The van der Waals surface area contributed by atoms with E-state index in [1.54, 1.807) is 6.20 Å². The fourth-order valence-corrected chi connectivity index (χ4v) is 5.88. The molecule has 0 fully saturated rings. The van der Waals surface area contributed by atoms with Crippen LogP contribution in [0.3, 0.4) is 0 Å². The van der Waals surface area contributed by atoms with Gasteiger partial charge in [-0.25, -0.2) is 18.2 Å². The quantitative estimate of drug-likeness (QED) is 0.484. The number of aromatic nitrogens is 1. The minimum Gasteiger partial charge on any atom is -0.452 e. The molecule has 2 aromatic carbocycles. The van der Waals surface area contributed by atoms with E-state index in [0.717, 1.165) is 14.9 Å². The summed E-state index contributed by atoms with van der Waals surface area (Å²) in [7, 11) is -3.80. The topological polar surface area (TPSA) is 106 Å². The van der Waals surface area contributed by atoms with Gasteiger partial charge in [-0.3, -0.25) is 10.1 Å². The molecule has 0 saturated carbocycles. The number of carbonyl (C=O) groups excluding carboxylic acids is 2. The van der Waals surface area contributed by atoms with Crippen molar-refractivity contribution < 1.29 is 22.7 Å². The molecule has 8 nitrogen and oxygen atoms in total. The lowest BCUT2D eigenvalue weighted by Crippen LogP contribution is -2.36. The zero-order valence-corrected chi connectivity index (χ0v) is 19.9. The molecule has 0 saturated heterocycles. The van der Waals surface area contributed by atoms with Gasteiger partial charge >= 0.3 is 5.97 Å². The number of halogens is 1. The van der Waals surface area contributed by atoms with Gasteiger partial charge in [0.15, 0.2) is 11.7 Å². The maximum absolute atomic E-state index is 13.1. The van der Waals surface area contributed by atoms with E-state index in [0.29, 0.717) is 18.1 Å². The number of rotatable bonds is 6. The van der Waals surface area contributed by atoms with Crippen molar-refractivity contribution in [1.82, 2.24) is 9.29 Å². The van der Waals surface area contributed by atoms with E-state index in [1.807, 2.05) is 24.3 Å². The van der Waals surface area contributed by atoms with Crippen LogP contribution in [0.1, 0.15) is 21.5 Å². The highest BCUT2D eigenvalue weighted by atomic mass is 79.9. The predicted octanol–water partition coefficient (Wildman–Crippen LogP) is 3.45. The molecule has 11 heteroatoms. The standard InChI is InChI=1S/C21H18BrN3O5S2/c22-18-11-23-21(31-18)24-19(26)13-30-20(27)15-6-3-7-17(10-15)32(28,29)25-9-8-14-4-1-2-5-16(14)12-25/h1-7,10-11H,8-9,12-13H2,(H,23,24,26). The predicted molar refractivity (Wildman–Crippen MR) is 123 cm³/mol. The Labute approximate surface area is 197 Å². The molecule has 0 bridgehead atoms. The summed E-state index contributed by atoms with van der Waals surface area (Å²) in [5.74, 6) is -1.34. The lowest BCUT2D eigenvalue weighted by atomic mass is 10.0. The Balaban J connectivity index is 1.42. The number of hydrogen-bond donors (Lipinski definition) is 1. The summed E-state index contributed by atoms with van der Waals surface area (Å²) < 4.78 is 33.5. The van der Waals surface area contributed by atoms with E-state index < -0.39 is 28.5 Å². The van der Waals surface area contributed by atoms with E-state index in [4.69, 9.17) is 4.74 Å².